The molecule has 2 aromatic carbocycles. The Morgan fingerprint density at radius 2 is 1.91 bits per heavy atom. The number of fused-ring (bicyclic) bond motifs is 1. The van der Waals surface area contributed by atoms with Crippen LogP contribution in [0.15, 0.2) is 42.5 Å². The first kappa shape index (κ1) is 23.7. The quantitative estimate of drug-likeness (QED) is 0.506. The highest BCUT2D eigenvalue weighted by Crippen LogP contribution is 2.32. The Balaban J connectivity index is 1.61. The third kappa shape index (κ3) is 5.02. The van der Waals surface area contributed by atoms with E-state index < -0.39 is 0 Å². The maximum Gasteiger partial charge on any atom is 0.257 e. The number of aromatic nitrogens is 2. The number of nitriles is 1. The fraction of sp³-hybridized carbons (Fsp3) is 0.407. The minimum atomic E-state index is -0.296. The smallest absolute Gasteiger partial charge is 0.257 e. The van der Waals surface area contributed by atoms with Gasteiger partial charge in [-0.25, -0.2) is 4.98 Å². The van der Waals surface area contributed by atoms with Crippen LogP contribution in [-0.4, -0.2) is 27.8 Å². The fourth-order valence-electron chi connectivity index (χ4n) is 4.76. The molecule has 0 bridgehead atoms. The maximum absolute atomic E-state index is 13.1. The molecule has 0 aliphatic heterocycles. The summed E-state index contributed by atoms with van der Waals surface area (Å²) in [5, 5.41) is 11.9. The fourth-order valence-corrected chi connectivity index (χ4v) is 4.76. The number of amides is 1. The average Bonchev–Trinajstić information content (AvgIpc) is 3.22. The number of nitrogens with zero attached hydrogens (tertiary/aromatic N) is 3. The summed E-state index contributed by atoms with van der Waals surface area (Å²) in [6, 6.07) is 14.5. The van der Waals surface area contributed by atoms with E-state index in [0.717, 1.165) is 48.7 Å². The van der Waals surface area contributed by atoms with E-state index in [1.165, 1.54) is 6.42 Å². The van der Waals surface area contributed by atoms with Crippen molar-refractivity contribution in [2.24, 2.45) is 11.7 Å². The largest absolute Gasteiger partial charge is 0.330 e. The highest BCUT2D eigenvalue weighted by Gasteiger charge is 2.27. The summed E-state index contributed by atoms with van der Waals surface area (Å²) < 4.78 is 1.96. The van der Waals surface area contributed by atoms with Crippen molar-refractivity contribution in [2.45, 2.75) is 57.9 Å². The summed E-state index contributed by atoms with van der Waals surface area (Å²) in [4.78, 5) is 30.6. The molecule has 7 nitrogen and oxygen atoms in total. The van der Waals surface area contributed by atoms with Crippen LogP contribution in [0.25, 0.3) is 11.0 Å². The SMILES string of the molecule is CC(C(=O)C1CCCCC1)c1ccc2c(c1)nc(NC(=O)c1ccc(C#N)cc1)n2CCCN. The number of nitrogens with two attached hydrogens (primary N) is 1. The van der Waals surface area contributed by atoms with Gasteiger partial charge in [-0.15, -0.1) is 0 Å². The second kappa shape index (κ2) is 10.6. The zero-order valence-electron chi connectivity index (χ0n) is 19.6. The second-order valence-corrected chi connectivity index (χ2v) is 9.08. The van der Waals surface area contributed by atoms with Crippen LogP contribution in [0.3, 0.4) is 0 Å². The van der Waals surface area contributed by atoms with Gasteiger partial charge in [-0.05, 0) is 67.8 Å². The van der Waals surface area contributed by atoms with Crippen LogP contribution in [0.5, 0.6) is 0 Å². The van der Waals surface area contributed by atoms with Crippen molar-refractivity contribution in [1.82, 2.24) is 9.55 Å². The summed E-state index contributed by atoms with van der Waals surface area (Å²) in [6.45, 7) is 3.12. The number of aryl methyl sites for hydroxylation is 1. The molecule has 0 saturated heterocycles. The van der Waals surface area contributed by atoms with Crippen LogP contribution in [0.2, 0.25) is 0 Å². The van der Waals surface area contributed by atoms with Crippen LogP contribution >= 0.6 is 0 Å². The molecule has 0 spiro atoms. The number of carbonyl (C=O) groups is 2. The van der Waals surface area contributed by atoms with Crippen molar-refractivity contribution in [3.63, 3.8) is 0 Å². The van der Waals surface area contributed by atoms with Gasteiger partial charge in [0.1, 0.15) is 5.78 Å². The Morgan fingerprint density at radius 3 is 2.59 bits per heavy atom. The summed E-state index contributed by atoms with van der Waals surface area (Å²) >= 11 is 0. The minimum absolute atomic E-state index is 0.156. The van der Waals surface area contributed by atoms with Gasteiger partial charge in [0.2, 0.25) is 5.95 Å². The predicted molar refractivity (Wildman–Crippen MR) is 133 cm³/mol. The molecule has 1 saturated carbocycles. The molecule has 1 heterocycles. The zero-order chi connectivity index (χ0) is 24.1. The molecule has 3 aromatic rings. The molecule has 176 valence electrons. The number of ketones is 1. The van der Waals surface area contributed by atoms with Gasteiger partial charge in [-0.1, -0.05) is 32.3 Å². The van der Waals surface area contributed by atoms with E-state index in [4.69, 9.17) is 16.0 Å². The molecular weight excluding hydrogens is 426 g/mol. The highest BCUT2D eigenvalue weighted by molar-refractivity contribution is 6.04. The van der Waals surface area contributed by atoms with E-state index in [1.807, 2.05) is 29.7 Å². The third-order valence-corrected chi connectivity index (χ3v) is 6.79. The van der Waals surface area contributed by atoms with E-state index in [1.54, 1.807) is 24.3 Å². The van der Waals surface area contributed by atoms with Crippen molar-refractivity contribution in [3.8, 4) is 6.07 Å². The lowest BCUT2D eigenvalue weighted by molar-refractivity contribution is -0.124. The first-order chi connectivity index (χ1) is 16.5. The lowest BCUT2D eigenvalue weighted by atomic mass is 9.80. The van der Waals surface area contributed by atoms with Gasteiger partial charge in [0.15, 0.2) is 0 Å². The predicted octanol–water partition coefficient (Wildman–Crippen LogP) is 4.76. The van der Waals surface area contributed by atoms with Gasteiger partial charge in [-0.2, -0.15) is 5.26 Å². The van der Waals surface area contributed by atoms with Gasteiger partial charge in [0.25, 0.3) is 5.91 Å². The molecule has 0 radical (unpaired) electrons. The van der Waals surface area contributed by atoms with Crippen molar-refractivity contribution in [1.29, 1.82) is 5.26 Å². The topological polar surface area (TPSA) is 114 Å². The number of rotatable bonds is 8. The zero-order valence-corrected chi connectivity index (χ0v) is 19.6. The molecule has 1 amide bonds. The molecule has 3 N–H and O–H groups in total. The number of benzene rings is 2. The molecular formula is C27H31N5O2. The van der Waals surface area contributed by atoms with Crippen molar-refractivity contribution < 1.29 is 9.59 Å². The Morgan fingerprint density at radius 1 is 1.18 bits per heavy atom. The molecule has 34 heavy (non-hydrogen) atoms. The van der Waals surface area contributed by atoms with E-state index in [-0.39, 0.29) is 17.7 Å². The van der Waals surface area contributed by atoms with Gasteiger partial charge in [0, 0.05) is 23.9 Å². The monoisotopic (exact) mass is 457 g/mol. The number of hydrogen-bond donors (Lipinski definition) is 2. The summed E-state index contributed by atoms with van der Waals surface area (Å²) in [5.74, 6) is 0.439. The Kier molecular flexibility index (Phi) is 7.39. The first-order valence-electron chi connectivity index (χ1n) is 12.1. The summed E-state index contributed by atoms with van der Waals surface area (Å²) in [5.41, 5.74) is 9.28. The minimum Gasteiger partial charge on any atom is -0.330 e. The van der Waals surface area contributed by atoms with E-state index in [9.17, 15) is 9.59 Å². The lowest BCUT2D eigenvalue weighted by Crippen LogP contribution is -2.22. The van der Waals surface area contributed by atoms with E-state index >= 15 is 0 Å². The number of anilines is 1. The van der Waals surface area contributed by atoms with Crippen LogP contribution in [0.4, 0.5) is 5.95 Å². The second-order valence-electron chi connectivity index (χ2n) is 9.08. The van der Waals surface area contributed by atoms with Crippen molar-refractivity contribution in [3.05, 3.63) is 59.2 Å². The first-order valence-corrected chi connectivity index (χ1v) is 12.1. The Bertz CT molecular complexity index is 1220. The molecule has 1 atom stereocenters. The van der Waals surface area contributed by atoms with Gasteiger partial charge in [-0.3, -0.25) is 14.9 Å². The van der Waals surface area contributed by atoms with Crippen molar-refractivity contribution >= 4 is 28.7 Å². The van der Waals surface area contributed by atoms with Crippen LogP contribution in [-0.2, 0) is 11.3 Å². The van der Waals surface area contributed by atoms with Gasteiger partial charge < -0.3 is 10.3 Å². The molecule has 1 aromatic heterocycles. The van der Waals surface area contributed by atoms with E-state index in [0.29, 0.717) is 35.9 Å². The number of imidazole rings is 1. The molecule has 1 aliphatic carbocycles. The average molecular weight is 458 g/mol. The summed E-state index contributed by atoms with van der Waals surface area (Å²) in [6.07, 6.45) is 6.21. The molecule has 1 fully saturated rings. The lowest BCUT2D eigenvalue weighted by Gasteiger charge is -2.23. The number of nitrogens with one attached hydrogen (secondary N) is 1. The van der Waals surface area contributed by atoms with Crippen LogP contribution in [0, 0.1) is 17.2 Å². The normalized spacial score (nSPS) is 15.1. The Hall–Kier alpha value is -3.50. The number of carbonyl (C=O) groups excluding carboxylic acids is 2. The van der Waals surface area contributed by atoms with E-state index in [2.05, 4.69) is 11.4 Å². The number of Topliss-reactive ketones (excluding diaryl/α,β-unsaturated/α-hetero) is 1. The molecule has 1 unspecified atom stereocenters. The van der Waals surface area contributed by atoms with Crippen molar-refractivity contribution in [2.75, 3.05) is 11.9 Å². The molecule has 4 rings (SSSR count). The Labute approximate surface area is 200 Å². The maximum atomic E-state index is 13.1. The highest BCUT2D eigenvalue weighted by atomic mass is 16.2. The van der Waals surface area contributed by atoms with Crippen LogP contribution in [0.1, 0.15) is 72.9 Å². The third-order valence-electron chi connectivity index (χ3n) is 6.79. The summed E-state index contributed by atoms with van der Waals surface area (Å²) in [7, 11) is 0. The standard InChI is InChI=1S/C27H31N5O2/c1-18(25(33)20-6-3-2-4-7-20)22-12-13-24-23(16-22)30-27(32(24)15-5-14-28)31-26(34)21-10-8-19(17-29)9-11-21/h8-13,16,18,20H,2-7,14-15,28H2,1H3,(H,30,31,34). The molecule has 1 aliphatic rings. The molecule has 7 heteroatoms. The van der Waals surface area contributed by atoms with Gasteiger partial charge >= 0.3 is 0 Å². The van der Waals surface area contributed by atoms with Crippen LogP contribution < -0.4 is 11.1 Å². The number of hydrogen-bond acceptors (Lipinski definition) is 5. The van der Waals surface area contributed by atoms with Gasteiger partial charge in [0.05, 0.1) is 22.7 Å².